The third kappa shape index (κ3) is 2.85. The number of hydrogen-bond acceptors (Lipinski definition) is 2. The van der Waals surface area contributed by atoms with E-state index >= 15 is 0 Å². The number of aromatic nitrogens is 2. The number of nitrogens with zero attached hydrogens (tertiary/aromatic N) is 3. The highest BCUT2D eigenvalue weighted by atomic mass is 32.2. The van der Waals surface area contributed by atoms with E-state index in [0.29, 0.717) is 0 Å². The lowest BCUT2D eigenvalue weighted by atomic mass is 10.3. The molecule has 2 aromatic rings. The average molecular weight is 263 g/mol. The summed E-state index contributed by atoms with van der Waals surface area (Å²) in [6.07, 6.45) is 5.45. The Morgan fingerprint density at radius 3 is 2.72 bits per heavy atom. The highest BCUT2D eigenvalue weighted by Gasteiger charge is 2.18. The molecule has 2 aromatic heterocycles. The summed E-state index contributed by atoms with van der Waals surface area (Å²) in [5.74, 6) is 0. The predicted octanol–water partition coefficient (Wildman–Crippen LogP) is 2.52. The lowest BCUT2D eigenvalue weighted by Gasteiger charge is -2.12. The summed E-state index contributed by atoms with van der Waals surface area (Å²) in [5, 5.41) is 0. The molecule has 0 N–H and O–H groups in total. The molecular weight excluding hydrogens is 246 g/mol. The van der Waals surface area contributed by atoms with Crippen molar-refractivity contribution in [1.82, 2.24) is 9.38 Å². The van der Waals surface area contributed by atoms with Crippen LogP contribution in [0.2, 0.25) is 0 Å². The molecule has 1 unspecified atom stereocenters. The number of pyridine rings is 1. The molecule has 0 aliphatic heterocycles. The van der Waals surface area contributed by atoms with Gasteiger partial charge in [0.15, 0.2) is 0 Å². The van der Waals surface area contributed by atoms with Crippen molar-refractivity contribution >= 4 is 22.8 Å². The zero-order valence-electron chi connectivity index (χ0n) is 11.0. The van der Waals surface area contributed by atoms with Crippen LogP contribution in [0.5, 0.6) is 0 Å². The summed E-state index contributed by atoms with van der Waals surface area (Å²) in [4.78, 5) is 4.39. The first-order chi connectivity index (χ1) is 8.36. The van der Waals surface area contributed by atoms with Gasteiger partial charge in [-0.25, -0.2) is 9.19 Å². The average Bonchev–Trinajstić information content (AvgIpc) is 2.66. The van der Waals surface area contributed by atoms with Crippen LogP contribution in [-0.4, -0.2) is 24.6 Å². The maximum atomic E-state index is 11.8. The van der Waals surface area contributed by atoms with E-state index in [1.807, 2.05) is 56.6 Å². The van der Waals surface area contributed by atoms with Crippen LogP contribution in [0, 0.1) is 6.92 Å². The minimum Gasteiger partial charge on any atom is -0.306 e. The van der Waals surface area contributed by atoms with Gasteiger partial charge in [0.1, 0.15) is 22.3 Å². The molecule has 2 heterocycles. The minimum atomic E-state index is -1.24. The first kappa shape index (κ1) is 13.0. The van der Waals surface area contributed by atoms with E-state index in [1.165, 1.54) is 5.56 Å². The highest BCUT2D eigenvalue weighted by molar-refractivity contribution is 7.85. The fourth-order valence-electron chi connectivity index (χ4n) is 1.44. The van der Waals surface area contributed by atoms with Crippen LogP contribution >= 0.6 is 0 Å². The largest absolute Gasteiger partial charge is 0.306 e. The Hall–Kier alpha value is -1.49. The molecule has 0 fully saturated rings. The molecule has 5 heteroatoms. The molecule has 0 bridgehead atoms. The van der Waals surface area contributed by atoms with Crippen molar-refractivity contribution in [3.05, 3.63) is 35.8 Å². The zero-order chi connectivity index (χ0) is 13.3. The van der Waals surface area contributed by atoms with Gasteiger partial charge >= 0.3 is 0 Å². The summed E-state index contributed by atoms with van der Waals surface area (Å²) >= 11 is 0. The molecule has 0 saturated heterocycles. The lowest BCUT2D eigenvalue weighted by Crippen LogP contribution is -2.19. The Morgan fingerprint density at radius 2 is 2.06 bits per heavy atom. The van der Waals surface area contributed by atoms with Crippen molar-refractivity contribution in [2.24, 2.45) is 4.40 Å². The van der Waals surface area contributed by atoms with E-state index in [0.717, 1.165) is 11.3 Å². The highest BCUT2D eigenvalue weighted by Crippen LogP contribution is 2.12. The second-order valence-electron chi connectivity index (χ2n) is 5.23. The SMILES string of the molecule is Cc1ccc2nc(/C=N\S(=O)C(C)(C)C)cn2c1. The monoisotopic (exact) mass is 263 g/mol. The summed E-state index contributed by atoms with van der Waals surface area (Å²) in [7, 11) is -1.24. The van der Waals surface area contributed by atoms with Gasteiger partial charge in [-0.1, -0.05) is 6.07 Å². The van der Waals surface area contributed by atoms with Gasteiger partial charge in [0, 0.05) is 12.4 Å². The topological polar surface area (TPSA) is 46.7 Å². The molecule has 96 valence electrons. The van der Waals surface area contributed by atoms with Crippen LogP contribution < -0.4 is 0 Å². The Labute approximate surface area is 109 Å². The quantitative estimate of drug-likeness (QED) is 0.782. The summed E-state index contributed by atoms with van der Waals surface area (Å²) in [6, 6.07) is 3.96. The fraction of sp³-hybridized carbons (Fsp3) is 0.385. The summed E-state index contributed by atoms with van der Waals surface area (Å²) < 4.78 is 17.4. The maximum absolute atomic E-state index is 11.8. The molecule has 0 aliphatic rings. The van der Waals surface area contributed by atoms with Crippen LogP contribution in [0.4, 0.5) is 0 Å². The van der Waals surface area contributed by atoms with Gasteiger partial charge in [-0.3, -0.25) is 0 Å². The predicted molar refractivity (Wildman–Crippen MR) is 75.4 cm³/mol. The van der Waals surface area contributed by atoms with E-state index < -0.39 is 11.0 Å². The summed E-state index contributed by atoms with van der Waals surface area (Å²) in [6.45, 7) is 7.72. The van der Waals surface area contributed by atoms with Crippen molar-refractivity contribution in [1.29, 1.82) is 0 Å². The molecule has 0 spiro atoms. The molecule has 0 saturated carbocycles. The van der Waals surface area contributed by atoms with E-state index in [2.05, 4.69) is 9.38 Å². The summed E-state index contributed by atoms with van der Waals surface area (Å²) in [5.41, 5.74) is 2.75. The first-order valence-corrected chi connectivity index (χ1v) is 6.88. The lowest BCUT2D eigenvalue weighted by molar-refractivity contribution is 0.651. The van der Waals surface area contributed by atoms with Gasteiger partial charge in [-0.2, -0.15) is 4.40 Å². The molecule has 0 aromatic carbocycles. The second-order valence-corrected chi connectivity index (χ2v) is 7.17. The third-order valence-electron chi connectivity index (χ3n) is 2.42. The van der Waals surface area contributed by atoms with Gasteiger partial charge in [0.2, 0.25) is 0 Å². The molecule has 0 radical (unpaired) electrons. The standard InChI is InChI=1S/C13H17N3OS/c1-10-5-6-12-15-11(9-16(12)8-10)7-14-18(17)13(2,3)4/h5-9H,1-4H3/b14-7-. The van der Waals surface area contributed by atoms with Gasteiger partial charge < -0.3 is 4.40 Å². The van der Waals surface area contributed by atoms with Crippen LogP contribution in [0.15, 0.2) is 28.9 Å². The minimum absolute atomic E-state index is 0.341. The number of aryl methyl sites for hydroxylation is 1. The van der Waals surface area contributed by atoms with Crippen molar-refractivity contribution in [3.63, 3.8) is 0 Å². The van der Waals surface area contributed by atoms with E-state index in [-0.39, 0.29) is 4.75 Å². The second kappa shape index (κ2) is 4.65. The molecule has 2 rings (SSSR count). The number of hydrogen-bond donors (Lipinski definition) is 0. The van der Waals surface area contributed by atoms with Crippen LogP contribution in [0.1, 0.15) is 32.0 Å². The van der Waals surface area contributed by atoms with E-state index in [1.54, 1.807) is 6.21 Å². The number of imidazole rings is 1. The molecule has 0 aliphatic carbocycles. The smallest absolute Gasteiger partial charge is 0.144 e. The van der Waals surface area contributed by atoms with Gasteiger partial charge in [-0.15, -0.1) is 0 Å². The zero-order valence-corrected chi connectivity index (χ0v) is 11.9. The van der Waals surface area contributed by atoms with Gasteiger partial charge in [0.05, 0.1) is 11.0 Å². The van der Waals surface area contributed by atoms with Crippen LogP contribution in [0.3, 0.4) is 0 Å². The Bertz CT molecular complexity index is 623. The van der Waals surface area contributed by atoms with Crippen molar-refractivity contribution < 1.29 is 4.21 Å². The molecule has 1 atom stereocenters. The Morgan fingerprint density at radius 1 is 1.33 bits per heavy atom. The number of rotatable bonds is 2. The molecular formula is C13H17N3OS. The Kier molecular flexibility index (Phi) is 3.34. The third-order valence-corrected chi connectivity index (χ3v) is 3.77. The Balaban J connectivity index is 2.27. The normalized spacial score (nSPS) is 14.4. The molecule has 0 amide bonds. The molecule has 18 heavy (non-hydrogen) atoms. The van der Waals surface area contributed by atoms with Crippen LogP contribution in [-0.2, 0) is 11.0 Å². The fourth-order valence-corrected chi connectivity index (χ4v) is 1.96. The van der Waals surface area contributed by atoms with E-state index in [4.69, 9.17) is 0 Å². The van der Waals surface area contributed by atoms with Crippen molar-refractivity contribution in [2.45, 2.75) is 32.4 Å². The first-order valence-electron chi connectivity index (χ1n) is 5.78. The molecule has 4 nitrogen and oxygen atoms in total. The van der Waals surface area contributed by atoms with Crippen molar-refractivity contribution in [2.75, 3.05) is 0 Å². The van der Waals surface area contributed by atoms with Crippen LogP contribution in [0.25, 0.3) is 5.65 Å². The van der Waals surface area contributed by atoms with Crippen molar-refractivity contribution in [3.8, 4) is 0 Å². The maximum Gasteiger partial charge on any atom is 0.144 e. The van der Waals surface area contributed by atoms with E-state index in [9.17, 15) is 4.21 Å². The number of fused-ring (bicyclic) bond motifs is 1. The van der Waals surface area contributed by atoms with Gasteiger partial charge in [0.25, 0.3) is 0 Å². The van der Waals surface area contributed by atoms with Gasteiger partial charge in [-0.05, 0) is 39.3 Å².